The third-order valence-electron chi connectivity index (χ3n) is 3.17. The molecule has 0 radical (unpaired) electrons. The predicted molar refractivity (Wildman–Crippen MR) is 70.3 cm³/mol. The van der Waals surface area contributed by atoms with E-state index in [1.807, 2.05) is 20.8 Å². The first-order valence-electron chi connectivity index (χ1n) is 6.51. The Morgan fingerprint density at radius 2 is 2.00 bits per heavy atom. The zero-order chi connectivity index (χ0) is 13.8. The van der Waals surface area contributed by atoms with Crippen molar-refractivity contribution in [1.82, 2.24) is 4.90 Å². The molecule has 0 bridgehead atoms. The van der Waals surface area contributed by atoms with E-state index < -0.39 is 11.5 Å². The number of amides is 1. The first-order chi connectivity index (χ1) is 8.30. The van der Waals surface area contributed by atoms with Gasteiger partial charge in [0.1, 0.15) is 6.54 Å². The molecule has 0 spiro atoms. The van der Waals surface area contributed by atoms with Gasteiger partial charge in [0, 0.05) is 12.0 Å². The fourth-order valence-electron chi connectivity index (χ4n) is 2.19. The first kappa shape index (κ1) is 14.7. The van der Waals surface area contributed by atoms with Crippen LogP contribution >= 0.6 is 0 Å². The lowest BCUT2D eigenvalue weighted by Crippen LogP contribution is -2.48. The zero-order valence-corrected chi connectivity index (χ0v) is 11.5. The average Bonchev–Trinajstić information content (AvgIpc) is 2.25. The summed E-state index contributed by atoms with van der Waals surface area (Å²) in [5, 5.41) is 8.89. The van der Waals surface area contributed by atoms with E-state index in [4.69, 9.17) is 5.11 Å². The standard InChI is InChI=1S/C14H23NO3/c1-14(2,3)15(10-13(17)18)12(16)9-11-7-5-4-6-8-11/h7H,4-6,8-10H2,1-3H3,(H,17,18). The molecule has 0 aliphatic heterocycles. The molecule has 0 aromatic rings. The molecule has 0 fully saturated rings. The van der Waals surface area contributed by atoms with Gasteiger partial charge in [0.15, 0.2) is 0 Å². The van der Waals surface area contributed by atoms with Crippen molar-refractivity contribution in [3.8, 4) is 0 Å². The van der Waals surface area contributed by atoms with Crippen LogP contribution in [-0.4, -0.2) is 34.0 Å². The van der Waals surface area contributed by atoms with Gasteiger partial charge in [-0.2, -0.15) is 0 Å². The molecule has 0 unspecified atom stereocenters. The van der Waals surface area contributed by atoms with Gasteiger partial charge < -0.3 is 10.0 Å². The van der Waals surface area contributed by atoms with E-state index in [-0.39, 0.29) is 12.5 Å². The van der Waals surface area contributed by atoms with Gasteiger partial charge in [-0.25, -0.2) is 0 Å². The molecule has 18 heavy (non-hydrogen) atoms. The van der Waals surface area contributed by atoms with Crippen LogP contribution < -0.4 is 0 Å². The van der Waals surface area contributed by atoms with E-state index in [2.05, 4.69) is 6.08 Å². The summed E-state index contributed by atoms with van der Waals surface area (Å²) in [7, 11) is 0. The SMILES string of the molecule is CC(C)(C)N(CC(=O)O)C(=O)CC1=CCCCC1. The van der Waals surface area contributed by atoms with E-state index >= 15 is 0 Å². The molecule has 1 aliphatic carbocycles. The quantitative estimate of drug-likeness (QED) is 0.783. The minimum atomic E-state index is -0.962. The van der Waals surface area contributed by atoms with Crippen LogP contribution in [0, 0.1) is 0 Å². The normalized spacial score (nSPS) is 16.1. The molecule has 0 saturated carbocycles. The smallest absolute Gasteiger partial charge is 0.323 e. The number of carbonyl (C=O) groups excluding carboxylic acids is 1. The van der Waals surface area contributed by atoms with E-state index in [1.165, 1.54) is 11.3 Å². The highest BCUT2D eigenvalue weighted by molar-refractivity contribution is 5.83. The van der Waals surface area contributed by atoms with Crippen molar-refractivity contribution in [3.63, 3.8) is 0 Å². The van der Waals surface area contributed by atoms with Crippen molar-refractivity contribution in [2.45, 2.75) is 58.4 Å². The number of carboxylic acids is 1. The second kappa shape index (κ2) is 6.03. The van der Waals surface area contributed by atoms with Gasteiger partial charge in [-0.15, -0.1) is 0 Å². The molecule has 1 amide bonds. The largest absolute Gasteiger partial charge is 0.480 e. The molecule has 0 heterocycles. The molecule has 1 aliphatic rings. The van der Waals surface area contributed by atoms with Crippen molar-refractivity contribution >= 4 is 11.9 Å². The Kier molecular flexibility index (Phi) is 4.93. The second-order valence-corrected chi connectivity index (χ2v) is 5.83. The molecule has 0 aromatic heterocycles. The third-order valence-corrected chi connectivity index (χ3v) is 3.17. The van der Waals surface area contributed by atoms with Gasteiger partial charge in [-0.05, 0) is 46.5 Å². The lowest BCUT2D eigenvalue weighted by Gasteiger charge is -2.35. The first-order valence-corrected chi connectivity index (χ1v) is 6.51. The highest BCUT2D eigenvalue weighted by atomic mass is 16.4. The highest BCUT2D eigenvalue weighted by Gasteiger charge is 2.28. The second-order valence-electron chi connectivity index (χ2n) is 5.83. The Hall–Kier alpha value is -1.32. The van der Waals surface area contributed by atoms with Gasteiger partial charge in [-0.1, -0.05) is 11.6 Å². The van der Waals surface area contributed by atoms with Gasteiger partial charge >= 0.3 is 5.97 Å². The molecule has 1 N–H and O–H groups in total. The molecule has 0 aromatic carbocycles. The summed E-state index contributed by atoms with van der Waals surface area (Å²) in [4.78, 5) is 24.5. The van der Waals surface area contributed by atoms with Crippen molar-refractivity contribution in [3.05, 3.63) is 11.6 Å². The number of nitrogens with zero attached hydrogens (tertiary/aromatic N) is 1. The number of aliphatic carboxylic acids is 1. The molecule has 102 valence electrons. The van der Waals surface area contributed by atoms with Gasteiger partial charge in [-0.3, -0.25) is 9.59 Å². The summed E-state index contributed by atoms with van der Waals surface area (Å²) >= 11 is 0. The molecule has 0 saturated heterocycles. The van der Waals surface area contributed by atoms with Crippen molar-refractivity contribution in [1.29, 1.82) is 0 Å². The summed E-state index contributed by atoms with van der Waals surface area (Å²) in [5.41, 5.74) is 0.705. The van der Waals surface area contributed by atoms with E-state index in [9.17, 15) is 9.59 Å². The molecular formula is C14H23NO3. The van der Waals surface area contributed by atoms with Crippen LogP contribution in [0.25, 0.3) is 0 Å². The minimum absolute atomic E-state index is 0.0851. The summed E-state index contributed by atoms with van der Waals surface area (Å²) in [6.45, 7) is 5.37. The van der Waals surface area contributed by atoms with Crippen LogP contribution in [0.4, 0.5) is 0 Å². The molecule has 4 heteroatoms. The fraction of sp³-hybridized carbons (Fsp3) is 0.714. The Bertz CT molecular complexity index is 353. The number of hydrogen-bond acceptors (Lipinski definition) is 2. The minimum Gasteiger partial charge on any atom is -0.480 e. The number of rotatable bonds is 4. The molecule has 1 rings (SSSR count). The zero-order valence-electron chi connectivity index (χ0n) is 11.5. The van der Waals surface area contributed by atoms with Crippen molar-refractivity contribution < 1.29 is 14.7 Å². The maximum Gasteiger partial charge on any atom is 0.323 e. The van der Waals surface area contributed by atoms with Crippen LogP contribution in [0.5, 0.6) is 0 Å². The Morgan fingerprint density at radius 1 is 1.33 bits per heavy atom. The molecule has 4 nitrogen and oxygen atoms in total. The maximum atomic E-state index is 12.2. The summed E-state index contributed by atoms with van der Waals surface area (Å²) in [5.74, 6) is -1.05. The number of carbonyl (C=O) groups is 2. The molecular weight excluding hydrogens is 230 g/mol. The number of allylic oxidation sites excluding steroid dienone is 1. The van der Waals surface area contributed by atoms with Crippen LogP contribution in [0.15, 0.2) is 11.6 Å². The van der Waals surface area contributed by atoms with Crippen LogP contribution in [0.2, 0.25) is 0 Å². The number of carboxylic acid groups (broad SMARTS) is 1. The highest BCUT2D eigenvalue weighted by Crippen LogP contribution is 2.23. The predicted octanol–water partition coefficient (Wildman–Crippen LogP) is 2.59. The van der Waals surface area contributed by atoms with Gasteiger partial charge in [0.25, 0.3) is 0 Å². The Labute approximate surface area is 109 Å². The Morgan fingerprint density at radius 3 is 2.44 bits per heavy atom. The monoisotopic (exact) mass is 253 g/mol. The maximum absolute atomic E-state index is 12.2. The fourth-order valence-corrected chi connectivity index (χ4v) is 2.19. The lowest BCUT2D eigenvalue weighted by molar-refractivity contribution is -0.147. The topological polar surface area (TPSA) is 57.6 Å². The summed E-state index contributed by atoms with van der Waals surface area (Å²) in [6.07, 6.45) is 6.82. The third kappa shape index (κ3) is 4.51. The van der Waals surface area contributed by atoms with Crippen LogP contribution in [-0.2, 0) is 9.59 Å². The van der Waals surface area contributed by atoms with E-state index in [0.717, 1.165) is 24.8 Å². The van der Waals surface area contributed by atoms with E-state index in [0.29, 0.717) is 6.42 Å². The summed E-state index contributed by atoms with van der Waals surface area (Å²) < 4.78 is 0. The Balaban J connectivity index is 2.70. The van der Waals surface area contributed by atoms with Crippen molar-refractivity contribution in [2.24, 2.45) is 0 Å². The van der Waals surface area contributed by atoms with Gasteiger partial charge in [0.05, 0.1) is 0 Å². The molecule has 0 atom stereocenters. The van der Waals surface area contributed by atoms with Crippen LogP contribution in [0.1, 0.15) is 52.9 Å². The van der Waals surface area contributed by atoms with Gasteiger partial charge in [0.2, 0.25) is 5.91 Å². The summed E-state index contributed by atoms with van der Waals surface area (Å²) in [6, 6.07) is 0. The lowest BCUT2D eigenvalue weighted by atomic mass is 9.96. The average molecular weight is 253 g/mol. The van der Waals surface area contributed by atoms with Crippen LogP contribution in [0.3, 0.4) is 0 Å². The van der Waals surface area contributed by atoms with E-state index in [1.54, 1.807) is 0 Å². The number of hydrogen-bond donors (Lipinski definition) is 1. The van der Waals surface area contributed by atoms with Crippen molar-refractivity contribution in [2.75, 3.05) is 6.54 Å².